The van der Waals surface area contributed by atoms with Gasteiger partial charge in [0.05, 0.1) is 11.0 Å². The lowest BCUT2D eigenvalue weighted by atomic mass is 9.94. The third kappa shape index (κ3) is 6.82. The van der Waals surface area contributed by atoms with Crippen LogP contribution in [-0.2, 0) is 0 Å². The summed E-state index contributed by atoms with van der Waals surface area (Å²) in [5, 5.41) is 10.00. The molecule has 13 aromatic rings. The van der Waals surface area contributed by atoms with Gasteiger partial charge in [0.1, 0.15) is 0 Å². The largest absolute Gasteiger partial charge is 0.310 e. The highest BCUT2D eigenvalue weighted by molar-refractivity contribution is 6.24. The van der Waals surface area contributed by atoms with Gasteiger partial charge < -0.3 is 9.47 Å². The summed E-state index contributed by atoms with van der Waals surface area (Å²) in [6.07, 6.45) is 0. The third-order valence-corrected chi connectivity index (χ3v) is 13.7. The molecular formula is C66H44N2. The van der Waals surface area contributed by atoms with Gasteiger partial charge in [-0.25, -0.2) is 0 Å². The number of rotatable bonds is 8. The zero-order valence-corrected chi connectivity index (χ0v) is 37.3. The second-order valence-corrected chi connectivity index (χ2v) is 17.7. The molecule has 0 atom stereocenters. The van der Waals surface area contributed by atoms with Gasteiger partial charge in [0.25, 0.3) is 0 Å². The highest BCUT2D eigenvalue weighted by Crippen LogP contribution is 2.45. The Labute approximate surface area is 395 Å². The summed E-state index contributed by atoms with van der Waals surface area (Å²) >= 11 is 0. The van der Waals surface area contributed by atoms with Crippen molar-refractivity contribution < 1.29 is 0 Å². The molecule has 0 amide bonds. The van der Waals surface area contributed by atoms with Crippen LogP contribution in [0, 0.1) is 0 Å². The van der Waals surface area contributed by atoms with Crippen LogP contribution in [0.1, 0.15) is 0 Å². The minimum Gasteiger partial charge on any atom is -0.310 e. The second kappa shape index (κ2) is 16.5. The lowest BCUT2D eigenvalue weighted by Crippen LogP contribution is -2.10. The van der Waals surface area contributed by atoms with Crippen LogP contribution in [0.4, 0.5) is 17.1 Å². The monoisotopic (exact) mass is 864 g/mol. The standard InChI is InChI=1S/C66H44N2/c1-3-14-45(15-4-1)46-26-28-47(29-27-46)48-32-37-56(38-33-48)67(57-39-34-49(35-40-57)51-36-41-60-54(42-51)31-30-50-16-7-9-22-59(50)60)58-21-13-18-52(43-58)63-44-53-17-8-10-23-61(53)66-65(63)62-24-11-12-25-64(62)68(66)55-19-5-2-6-20-55/h1-44H. The van der Waals surface area contributed by atoms with Gasteiger partial charge >= 0.3 is 0 Å². The summed E-state index contributed by atoms with van der Waals surface area (Å²) in [7, 11) is 0. The maximum absolute atomic E-state index is 2.45. The van der Waals surface area contributed by atoms with Gasteiger partial charge in [-0.05, 0) is 138 Å². The smallest absolute Gasteiger partial charge is 0.0625 e. The van der Waals surface area contributed by atoms with Crippen molar-refractivity contribution in [1.29, 1.82) is 0 Å². The number of hydrogen-bond acceptors (Lipinski definition) is 1. The Morgan fingerprint density at radius 1 is 0.265 bits per heavy atom. The molecule has 0 N–H and O–H groups in total. The predicted molar refractivity (Wildman–Crippen MR) is 290 cm³/mol. The van der Waals surface area contributed by atoms with Crippen LogP contribution in [0.5, 0.6) is 0 Å². The van der Waals surface area contributed by atoms with E-state index in [1.165, 1.54) is 93.1 Å². The quantitative estimate of drug-likeness (QED) is 0.138. The molecule has 2 nitrogen and oxygen atoms in total. The number of nitrogens with zero attached hydrogens (tertiary/aromatic N) is 2. The van der Waals surface area contributed by atoms with Gasteiger partial charge in [-0.15, -0.1) is 0 Å². The fourth-order valence-corrected chi connectivity index (χ4v) is 10.5. The molecule has 0 saturated heterocycles. The molecule has 0 aliphatic carbocycles. The molecule has 12 aromatic carbocycles. The van der Waals surface area contributed by atoms with Gasteiger partial charge in [0.2, 0.25) is 0 Å². The Balaban J connectivity index is 0.945. The average molecular weight is 865 g/mol. The molecule has 0 spiro atoms. The highest BCUT2D eigenvalue weighted by Gasteiger charge is 2.21. The molecule has 68 heavy (non-hydrogen) atoms. The Morgan fingerprint density at radius 3 is 1.46 bits per heavy atom. The van der Waals surface area contributed by atoms with Crippen LogP contribution in [0.3, 0.4) is 0 Å². The summed E-state index contributed by atoms with van der Waals surface area (Å²) in [5.74, 6) is 0. The van der Waals surface area contributed by atoms with Crippen molar-refractivity contribution in [3.8, 4) is 50.2 Å². The first-order chi connectivity index (χ1) is 33.7. The van der Waals surface area contributed by atoms with Gasteiger partial charge in [-0.2, -0.15) is 0 Å². The van der Waals surface area contributed by atoms with E-state index in [1.54, 1.807) is 0 Å². The van der Waals surface area contributed by atoms with Gasteiger partial charge in [-0.1, -0.05) is 200 Å². The topological polar surface area (TPSA) is 8.17 Å². The van der Waals surface area contributed by atoms with Crippen molar-refractivity contribution in [1.82, 2.24) is 4.57 Å². The Bertz CT molecular complexity index is 3980. The molecule has 1 heterocycles. The molecule has 0 fully saturated rings. The van der Waals surface area contributed by atoms with Crippen molar-refractivity contribution in [2.24, 2.45) is 0 Å². The van der Waals surface area contributed by atoms with Crippen molar-refractivity contribution in [3.05, 3.63) is 267 Å². The molecule has 2 heteroatoms. The van der Waals surface area contributed by atoms with Crippen LogP contribution in [-0.4, -0.2) is 4.57 Å². The molecule has 0 unspecified atom stereocenters. The van der Waals surface area contributed by atoms with E-state index < -0.39 is 0 Å². The molecule has 0 saturated carbocycles. The Morgan fingerprint density at radius 2 is 0.750 bits per heavy atom. The number of hydrogen-bond donors (Lipinski definition) is 0. The number of para-hydroxylation sites is 2. The maximum Gasteiger partial charge on any atom is 0.0625 e. The van der Waals surface area contributed by atoms with Gasteiger partial charge in [0, 0.05) is 38.9 Å². The molecule has 0 bridgehead atoms. The fraction of sp³-hybridized carbons (Fsp3) is 0. The van der Waals surface area contributed by atoms with Crippen LogP contribution in [0.2, 0.25) is 0 Å². The lowest BCUT2D eigenvalue weighted by molar-refractivity contribution is 1.19. The highest BCUT2D eigenvalue weighted by atomic mass is 15.1. The number of benzene rings is 12. The van der Waals surface area contributed by atoms with E-state index >= 15 is 0 Å². The summed E-state index contributed by atoms with van der Waals surface area (Å²) in [5.41, 5.74) is 16.4. The first-order valence-electron chi connectivity index (χ1n) is 23.4. The molecule has 13 rings (SSSR count). The van der Waals surface area contributed by atoms with E-state index in [0.717, 1.165) is 28.3 Å². The van der Waals surface area contributed by atoms with Crippen LogP contribution < -0.4 is 4.90 Å². The molecule has 1 aromatic heterocycles. The summed E-state index contributed by atoms with van der Waals surface area (Å²) < 4.78 is 2.45. The minimum atomic E-state index is 1.08. The summed E-state index contributed by atoms with van der Waals surface area (Å²) in [4.78, 5) is 2.40. The second-order valence-electron chi connectivity index (χ2n) is 17.7. The zero-order chi connectivity index (χ0) is 45.0. The molecule has 0 aliphatic rings. The fourth-order valence-electron chi connectivity index (χ4n) is 10.5. The van der Waals surface area contributed by atoms with Crippen molar-refractivity contribution >= 4 is 71.2 Å². The minimum absolute atomic E-state index is 1.08. The van der Waals surface area contributed by atoms with E-state index in [1.807, 2.05) is 0 Å². The summed E-state index contributed by atoms with van der Waals surface area (Å²) in [6, 6.07) is 97.5. The maximum atomic E-state index is 2.45. The first-order valence-corrected chi connectivity index (χ1v) is 23.4. The molecule has 0 radical (unpaired) electrons. The molecule has 318 valence electrons. The van der Waals surface area contributed by atoms with Gasteiger partial charge in [0.15, 0.2) is 0 Å². The predicted octanol–water partition coefficient (Wildman–Crippen LogP) is 18.4. The van der Waals surface area contributed by atoms with Crippen molar-refractivity contribution in [3.63, 3.8) is 0 Å². The van der Waals surface area contributed by atoms with Crippen molar-refractivity contribution in [2.45, 2.75) is 0 Å². The average Bonchev–Trinajstić information content (AvgIpc) is 3.77. The lowest BCUT2D eigenvalue weighted by Gasteiger charge is -2.26. The number of aromatic nitrogens is 1. The summed E-state index contributed by atoms with van der Waals surface area (Å²) in [6.45, 7) is 0. The number of fused-ring (bicyclic) bond motifs is 8. The van der Waals surface area contributed by atoms with E-state index in [2.05, 4.69) is 276 Å². The third-order valence-electron chi connectivity index (χ3n) is 13.7. The number of anilines is 3. The molecular weight excluding hydrogens is 821 g/mol. The van der Waals surface area contributed by atoms with E-state index in [4.69, 9.17) is 0 Å². The van der Waals surface area contributed by atoms with E-state index in [9.17, 15) is 0 Å². The van der Waals surface area contributed by atoms with Crippen LogP contribution in [0.25, 0.3) is 104 Å². The SMILES string of the molecule is c1ccc(-c2ccc(-c3ccc(N(c4ccc(-c5ccc6c(ccc7ccccc76)c5)cc4)c4cccc(-c5cc6ccccc6c6c5c5ccccc5n6-c5ccccc5)c4)cc3)cc2)cc1. The Kier molecular flexibility index (Phi) is 9.54. The van der Waals surface area contributed by atoms with Crippen LogP contribution in [0.15, 0.2) is 267 Å². The van der Waals surface area contributed by atoms with Gasteiger partial charge in [-0.3, -0.25) is 0 Å². The van der Waals surface area contributed by atoms with Crippen LogP contribution >= 0.6 is 0 Å². The van der Waals surface area contributed by atoms with Crippen molar-refractivity contribution in [2.75, 3.05) is 4.90 Å². The van der Waals surface area contributed by atoms with E-state index in [0.29, 0.717) is 0 Å². The first kappa shape index (κ1) is 39.4. The zero-order valence-electron chi connectivity index (χ0n) is 37.3. The Hall–Kier alpha value is -8.98. The van der Waals surface area contributed by atoms with E-state index in [-0.39, 0.29) is 0 Å². The normalized spacial score (nSPS) is 11.5. The molecule has 0 aliphatic heterocycles.